The second kappa shape index (κ2) is 8.19. The Morgan fingerprint density at radius 1 is 1.18 bits per heavy atom. The van der Waals surface area contributed by atoms with Gasteiger partial charge in [0.1, 0.15) is 0 Å². The summed E-state index contributed by atoms with van der Waals surface area (Å²) >= 11 is 5.96. The van der Waals surface area contributed by atoms with Crippen LogP contribution in [0.5, 0.6) is 0 Å². The Morgan fingerprint density at radius 2 is 1.86 bits per heavy atom. The summed E-state index contributed by atoms with van der Waals surface area (Å²) in [5.74, 6) is 1.47. The summed E-state index contributed by atoms with van der Waals surface area (Å²) in [4.78, 5) is 12.1. The van der Waals surface area contributed by atoms with Gasteiger partial charge in [-0.15, -0.1) is 12.4 Å². The van der Waals surface area contributed by atoms with Crippen molar-refractivity contribution < 1.29 is 4.79 Å². The standard InChI is InChI=1S/C17H23ClN2O.ClH/c18-15-8-6-14(7-9-15)17(13-2-1-3-13)20-16(21)11-19-10-12-4-5-12;/h6-9,12-13,17,19H,1-5,10-11H2,(H,20,21);1H. The van der Waals surface area contributed by atoms with Gasteiger partial charge in [-0.1, -0.05) is 30.2 Å². The lowest BCUT2D eigenvalue weighted by Gasteiger charge is -2.34. The molecule has 0 aromatic heterocycles. The second-order valence-electron chi connectivity index (χ2n) is 6.36. The molecular weight excluding hydrogens is 319 g/mol. The highest BCUT2D eigenvalue weighted by atomic mass is 35.5. The highest BCUT2D eigenvalue weighted by Gasteiger charge is 2.29. The number of halogens is 2. The van der Waals surface area contributed by atoms with Gasteiger partial charge < -0.3 is 10.6 Å². The van der Waals surface area contributed by atoms with Crippen LogP contribution in [-0.2, 0) is 4.79 Å². The van der Waals surface area contributed by atoms with Crippen molar-refractivity contribution in [3.63, 3.8) is 0 Å². The van der Waals surface area contributed by atoms with Crippen LogP contribution in [-0.4, -0.2) is 19.0 Å². The van der Waals surface area contributed by atoms with Crippen molar-refractivity contribution in [3.8, 4) is 0 Å². The van der Waals surface area contributed by atoms with Crippen LogP contribution < -0.4 is 10.6 Å². The minimum atomic E-state index is 0. The third-order valence-corrected chi connectivity index (χ3v) is 4.83. The maximum Gasteiger partial charge on any atom is 0.234 e. The molecule has 0 aliphatic heterocycles. The number of hydrogen-bond acceptors (Lipinski definition) is 2. The molecule has 2 N–H and O–H groups in total. The number of hydrogen-bond donors (Lipinski definition) is 2. The van der Waals surface area contributed by atoms with E-state index in [1.807, 2.05) is 24.3 Å². The van der Waals surface area contributed by atoms with E-state index in [4.69, 9.17) is 11.6 Å². The minimum absolute atomic E-state index is 0. The Hall–Kier alpha value is -0.770. The van der Waals surface area contributed by atoms with Gasteiger partial charge in [0, 0.05) is 5.02 Å². The first-order chi connectivity index (χ1) is 10.2. The van der Waals surface area contributed by atoms with E-state index in [1.54, 1.807) is 0 Å². The number of nitrogens with one attached hydrogen (secondary N) is 2. The first-order valence-electron chi connectivity index (χ1n) is 7.98. The van der Waals surface area contributed by atoms with E-state index < -0.39 is 0 Å². The molecule has 0 heterocycles. The molecule has 1 amide bonds. The van der Waals surface area contributed by atoms with Crippen molar-refractivity contribution in [2.24, 2.45) is 11.8 Å². The lowest BCUT2D eigenvalue weighted by Crippen LogP contribution is -2.41. The summed E-state index contributed by atoms with van der Waals surface area (Å²) in [5.41, 5.74) is 1.17. The van der Waals surface area contributed by atoms with Crippen molar-refractivity contribution in [2.45, 2.75) is 38.1 Å². The number of amides is 1. The molecule has 0 radical (unpaired) electrons. The van der Waals surface area contributed by atoms with Crippen LogP contribution in [0.4, 0.5) is 0 Å². The first-order valence-corrected chi connectivity index (χ1v) is 8.36. The predicted molar refractivity (Wildman–Crippen MR) is 92.5 cm³/mol. The fourth-order valence-corrected chi connectivity index (χ4v) is 2.98. The first kappa shape index (κ1) is 17.6. The molecule has 3 rings (SSSR count). The number of rotatable bonds is 7. The smallest absolute Gasteiger partial charge is 0.234 e. The normalized spacial score (nSPS) is 19.0. The Balaban J connectivity index is 0.00000176. The van der Waals surface area contributed by atoms with Gasteiger partial charge in [-0.25, -0.2) is 0 Å². The van der Waals surface area contributed by atoms with Crippen LogP contribution in [0, 0.1) is 11.8 Å². The summed E-state index contributed by atoms with van der Waals surface area (Å²) < 4.78 is 0. The zero-order valence-corrected chi connectivity index (χ0v) is 14.3. The Labute approximate surface area is 143 Å². The van der Waals surface area contributed by atoms with E-state index in [9.17, 15) is 4.79 Å². The molecule has 2 aliphatic rings. The van der Waals surface area contributed by atoms with Crippen LogP contribution in [0.25, 0.3) is 0 Å². The van der Waals surface area contributed by atoms with Crippen LogP contribution >= 0.6 is 24.0 Å². The topological polar surface area (TPSA) is 41.1 Å². The Bertz CT molecular complexity index is 484. The highest BCUT2D eigenvalue weighted by molar-refractivity contribution is 6.30. The molecule has 122 valence electrons. The van der Waals surface area contributed by atoms with Crippen molar-refractivity contribution in [1.29, 1.82) is 0 Å². The molecule has 2 aliphatic carbocycles. The molecule has 0 saturated heterocycles. The van der Waals surface area contributed by atoms with E-state index in [0.717, 1.165) is 17.5 Å². The van der Waals surface area contributed by atoms with Gasteiger partial charge in [0.25, 0.3) is 0 Å². The van der Waals surface area contributed by atoms with E-state index >= 15 is 0 Å². The van der Waals surface area contributed by atoms with Crippen molar-refractivity contribution in [3.05, 3.63) is 34.9 Å². The van der Waals surface area contributed by atoms with Crippen molar-refractivity contribution in [2.75, 3.05) is 13.1 Å². The van der Waals surface area contributed by atoms with E-state index in [2.05, 4.69) is 10.6 Å². The zero-order chi connectivity index (χ0) is 14.7. The molecule has 1 aromatic rings. The summed E-state index contributed by atoms with van der Waals surface area (Å²) in [7, 11) is 0. The van der Waals surface area contributed by atoms with Gasteiger partial charge in [0.2, 0.25) is 5.91 Å². The maximum absolute atomic E-state index is 12.1. The van der Waals surface area contributed by atoms with E-state index in [1.165, 1.54) is 37.7 Å². The van der Waals surface area contributed by atoms with Gasteiger partial charge in [0.15, 0.2) is 0 Å². The molecule has 1 atom stereocenters. The Morgan fingerprint density at radius 3 is 2.41 bits per heavy atom. The molecule has 2 saturated carbocycles. The lowest BCUT2D eigenvalue weighted by atomic mass is 9.77. The van der Waals surface area contributed by atoms with Crippen LogP contribution in [0.2, 0.25) is 5.02 Å². The largest absolute Gasteiger partial charge is 0.348 e. The number of benzene rings is 1. The van der Waals surface area contributed by atoms with Gasteiger partial charge in [-0.2, -0.15) is 0 Å². The molecule has 3 nitrogen and oxygen atoms in total. The summed E-state index contributed by atoms with van der Waals surface area (Å²) in [5, 5.41) is 7.20. The summed E-state index contributed by atoms with van der Waals surface area (Å²) in [6.07, 6.45) is 6.28. The molecule has 2 fully saturated rings. The van der Waals surface area contributed by atoms with Crippen molar-refractivity contribution >= 4 is 29.9 Å². The zero-order valence-electron chi connectivity index (χ0n) is 12.7. The molecule has 0 spiro atoms. The van der Waals surface area contributed by atoms with E-state index in [-0.39, 0.29) is 24.4 Å². The van der Waals surface area contributed by atoms with Crippen LogP contribution in [0.15, 0.2) is 24.3 Å². The fraction of sp³-hybridized carbons (Fsp3) is 0.588. The third kappa shape index (κ3) is 4.87. The summed E-state index contributed by atoms with van der Waals surface area (Å²) in [6.45, 7) is 1.40. The molecule has 1 unspecified atom stereocenters. The monoisotopic (exact) mass is 342 g/mol. The van der Waals surface area contributed by atoms with Crippen LogP contribution in [0.3, 0.4) is 0 Å². The lowest BCUT2D eigenvalue weighted by molar-refractivity contribution is -0.121. The average molecular weight is 343 g/mol. The second-order valence-corrected chi connectivity index (χ2v) is 6.80. The fourth-order valence-electron chi connectivity index (χ4n) is 2.85. The summed E-state index contributed by atoms with van der Waals surface area (Å²) in [6, 6.07) is 8.00. The number of carbonyl (C=O) groups excluding carboxylic acids is 1. The molecule has 1 aromatic carbocycles. The van der Waals surface area contributed by atoms with E-state index in [0.29, 0.717) is 12.5 Å². The predicted octanol–water partition coefficient (Wildman–Crippen LogP) is 3.72. The number of carbonyl (C=O) groups is 1. The van der Waals surface area contributed by atoms with Gasteiger partial charge >= 0.3 is 0 Å². The molecule has 0 bridgehead atoms. The Kier molecular flexibility index (Phi) is 6.54. The molecular formula is C17H24Cl2N2O. The quantitative estimate of drug-likeness (QED) is 0.792. The van der Waals surface area contributed by atoms with Crippen LogP contribution in [0.1, 0.15) is 43.7 Å². The minimum Gasteiger partial charge on any atom is -0.348 e. The molecule has 22 heavy (non-hydrogen) atoms. The van der Waals surface area contributed by atoms with Gasteiger partial charge in [-0.05, 0) is 61.8 Å². The van der Waals surface area contributed by atoms with Gasteiger partial charge in [0.05, 0.1) is 12.6 Å². The maximum atomic E-state index is 12.1. The average Bonchev–Trinajstić information content (AvgIpc) is 3.21. The highest BCUT2D eigenvalue weighted by Crippen LogP contribution is 2.37. The third-order valence-electron chi connectivity index (χ3n) is 4.58. The molecule has 5 heteroatoms. The SMILES string of the molecule is Cl.O=C(CNCC1CC1)NC(c1ccc(Cl)cc1)C1CCC1. The van der Waals surface area contributed by atoms with Gasteiger partial charge in [-0.3, -0.25) is 4.79 Å². The van der Waals surface area contributed by atoms with Crippen molar-refractivity contribution in [1.82, 2.24) is 10.6 Å².